The van der Waals surface area contributed by atoms with Crippen LogP contribution in [-0.4, -0.2) is 10.9 Å². The number of nitrogen functional groups attached to an aromatic ring is 1. The van der Waals surface area contributed by atoms with Gasteiger partial charge in [0.1, 0.15) is 0 Å². The van der Waals surface area contributed by atoms with Crippen LogP contribution in [0.15, 0.2) is 41.8 Å². The minimum absolute atomic E-state index is 0.522. The number of anilines is 1. The average Bonchev–Trinajstić information content (AvgIpc) is 2.81. The van der Waals surface area contributed by atoms with E-state index in [-0.39, 0.29) is 0 Å². The highest BCUT2D eigenvalue weighted by Crippen LogP contribution is 2.17. The van der Waals surface area contributed by atoms with Gasteiger partial charge in [-0.05, 0) is 43.0 Å². The molecule has 18 heavy (non-hydrogen) atoms. The van der Waals surface area contributed by atoms with Crippen LogP contribution in [0.4, 0.5) is 5.69 Å². The van der Waals surface area contributed by atoms with Crippen molar-refractivity contribution < 1.29 is 0 Å². The van der Waals surface area contributed by atoms with Gasteiger partial charge < -0.3 is 5.73 Å². The minimum atomic E-state index is 0.522. The lowest BCUT2D eigenvalue weighted by Gasteiger charge is -2.26. The summed E-state index contributed by atoms with van der Waals surface area (Å²) in [5.74, 6) is 0. The van der Waals surface area contributed by atoms with E-state index in [2.05, 4.69) is 48.4 Å². The molecule has 0 unspecified atom stereocenters. The van der Waals surface area contributed by atoms with E-state index in [1.165, 1.54) is 10.4 Å². The Bertz CT molecular complexity index is 477. The van der Waals surface area contributed by atoms with Gasteiger partial charge in [0.05, 0.1) is 0 Å². The average molecular weight is 260 g/mol. The molecule has 96 valence electrons. The zero-order valence-corrected chi connectivity index (χ0v) is 11.8. The van der Waals surface area contributed by atoms with Crippen molar-refractivity contribution in [3.05, 3.63) is 52.2 Å². The van der Waals surface area contributed by atoms with Gasteiger partial charge in [0.2, 0.25) is 0 Å². The SMILES string of the molecule is CC(C)N(Cc1cccc(N)c1)Cc1cccs1. The molecule has 2 aromatic rings. The van der Waals surface area contributed by atoms with Crippen LogP contribution in [0, 0.1) is 0 Å². The first kappa shape index (κ1) is 13.1. The Morgan fingerprint density at radius 2 is 2.00 bits per heavy atom. The van der Waals surface area contributed by atoms with Crippen molar-refractivity contribution in [3.8, 4) is 0 Å². The van der Waals surface area contributed by atoms with E-state index in [0.717, 1.165) is 18.8 Å². The Hall–Kier alpha value is -1.32. The molecule has 0 saturated carbocycles. The summed E-state index contributed by atoms with van der Waals surface area (Å²) in [5.41, 5.74) is 7.95. The van der Waals surface area contributed by atoms with E-state index in [0.29, 0.717) is 6.04 Å². The fraction of sp³-hybridized carbons (Fsp3) is 0.333. The van der Waals surface area contributed by atoms with Crippen LogP contribution in [0.25, 0.3) is 0 Å². The minimum Gasteiger partial charge on any atom is -0.399 e. The summed E-state index contributed by atoms with van der Waals surface area (Å²) in [4.78, 5) is 3.87. The van der Waals surface area contributed by atoms with Gasteiger partial charge in [-0.25, -0.2) is 0 Å². The summed E-state index contributed by atoms with van der Waals surface area (Å²) in [6.45, 7) is 6.42. The van der Waals surface area contributed by atoms with Gasteiger partial charge in [0.25, 0.3) is 0 Å². The highest BCUT2D eigenvalue weighted by molar-refractivity contribution is 7.09. The van der Waals surface area contributed by atoms with Crippen LogP contribution in [0.1, 0.15) is 24.3 Å². The fourth-order valence-corrected chi connectivity index (χ4v) is 2.68. The van der Waals surface area contributed by atoms with E-state index in [1.807, 2.05) is 23.5 Å². The first-order valence-electron chi connectivity index (χ1n) is 6.26. The molecule has 0 aliphatic carbocycles. The number of thiophene rings is 1. The Morgan fingerprint density at radius 3 is 2.61 bits per heavy atom. The number of benzene rings is 1. The molecule has 0 atom stereocenters. The van der Waals surface area contributed by atoms with Crippen molar-refractivity contribution in [1.29, 1.82) is 0 Å². The van der Waals surface area contributed by atoms with Gasteiger partial charge in [-0.15, -0.1) is 11.3 Å². The van der Waals surface area contributed by atoms with E-state index < -0.39 is 0 Å². The maximum atomic E-state index is 5.83. The molecule has 2 rings (SSSR count). The molecule has 0 aliphatic rings. The highest BCUT2D eigenvalue weighted by atomic mass is 32.1. The van der Waals surface area contributed by atoms with Crippen LogP contribution >= 0.6 is 11.3 Å². The highest BCUT2D eigenvalue weighted by Gasteiger charge is 2.11. The molecule has 1 aromatic carbocycles. The molecule has 0 bridgehead atoms. The van der Waals surface area contributed by atoms with Crippen LogP contribution in [0.3, 0.4) is 0 Å². The predicted molar refractivity (Wildman–Crippen MR) is 79.6 cm³/mol. The second-order valence-electron chi connectivity index (χ2n) is 4.82. The van der Waals surface area contributed by atoms with E-state index >= 15 is 0 Å². The van der Waals surface area contributed by atoms with Crippen LogP contribution in [0.5, 0.6) is 0 Å². The topological polar surface area (TPSA) is 29.3 Å². The van der Waals surface area contributed by atoms with E-state index in [1.54, 1.807) is 0 Å². The molecular formula is C15H20N2S. The molecule has 0 saturated heterocycles. The predicted octanol–water partition coefficient (Wildman–Crippen LogP) is 3.74. The zero-order chi connectivity index (χ0) is 13.0. The maximum absolute atomic E-state index is 5.83. The van der Waals surface area contributed by atoms with Gasteiger partial charge in [-0.3, -0.25) is 4.90 Å². The van der Waals surface area contributed by atoms with Crippen molar-refractivity contribution in [2.45, 2.75) is 33.0 Å². The van der Waals surface area contributed by atoms with Gasteiger partial charge in [0.15, 0.2) is 0 Å². The molecule has 1 aromatic heterocycles. The number of nitrogens with zero attached hydrogens (tertiary/aromatic N) is 1. The van der Waals surface area contributed by atoms with Crippen molar-refractivity contribution >= 4 is 17.0 Å². The first-order chi connectivity index (χ1) is 8.65. The summed E-state index contributed by atoms with van der Waals surface area (Å²) < 4.78 is 0. The monoisotopic (exact) mass is 260 g/mol. The number of hydrogen-bond donors (Lipinski definition) is 1. The zero-order valence-electron chi connectivity index (χ0n) is 11.0. The summed E-state index contributed by atoms with van der Waals surface area (Å²) in [7, 11) is 0. The third-order valence-corrected chi connectivity index (χ3v) is 3.87. The largest absolute Gasteiger partial charge is 0.399 e. The molecule has 0 amide bonds. The first-order valence-corrected chi connectivity index (χ1v) is 7.14. The van der Waals surface area contributed by atoms with Crippen molar-refractivity contribution in [2.24, 2.45) is 0 Å². The van der Waals surface area contributed by atoms with Crippen molar-refractivity contribution in [3.63, 3.8) is 0 Å². The molecule has 3 heteroatoms. The molecule has 1 heterocycles. The number of rotatable bonds is 5. The molecule has 0 aliphatic heterocycles. The third kappa shape index (κ3) is 3.59. The van der Waals surface area contributed by atoms with E-state index in [9.17, 15) is 0 Å². The molecule has 2 N–H and O–H groups in total. The summed E-state index contributed by atoms with van der Waals surface area (Å²) >= 11 is 1.82. The van der Waals surface area contributed by atoms with Crippen LogP contribution < -0.4 is 5.73 Å². The molecule has 0 radical (unpaired) electrons. The maximum Gasteiger partial charge on any atom is 0.0334 e. The standard InChI is InChI=1S/C15H20N2S/c1-12(2)17(11-15-7-4-8-18-15)10-13-5-3-6-14(16)9-13/h3-9,12H,10-11,16H2,1-2H3. The smallest absolute Gasteiger partial charge is 0.0334 e. The fourth-order valence-electron chi connectivity index (χ4n) is 1.95. The molecular weight excluding hydrogens is 240 g/mol. The summed E-state index contributed by atoms with van der Waals surface area (Å²) in [5, 5.41) is 2.13. The van der Waals surface area contributed by atoms with Crippen LogP contribution in [0.2, 0.25) is 0 Å². The van der Waals surface area contributed by atoms with Crippen molar-refractivity contribution in [2.75, 3.05) is 5.73 Å². The number of hydrogen-bond acceptors (Lipinski definition) is 3. The lowest BCUT2D eigenvalue weighted by atomic mass is 10.1. The van der Waals surface area contributed by atoms with Gasteiger partial charge in [0, 0.05) is 29.7 Å². The quantitative estimate of drug-likeness (QED) is 0.830. The molecule has 0 fully saturated rings. The third-order valence-electron chi connectivity index (χ3n) is 3.01. The van der Waals surface area contributed by atoms with Gasteiger partial charge >= 0.3 is 0 Å². The van der Waals surface area contributed by atoms with E-state index in [4.69, 9.17) is 5.73 Å². The summed E-state index contributed by atoms with van der Waals surface area (Å²) in [6, 6.07) is 13.0. The van der Waals surface area contributed by atoms with Crippen LogP contribution in [-0.2, 0) is 13.1 Å². The molecule has 0 spiro atoms. The normalized spacial score (nSPS) is 11.3. The Kier molecular flexibility index (Phi) is 4.39. The van der Waals surface area contributed by atoms with Crippen molar-refractivity contribution in [1.82, 2.24) is 4.90 Å². The van der Waals surface area contributed by atoms with Gasteiger partial charge in [-0.2, -0.15) is 0 Å². The lowest BCUT2D eigenvalue weighted by molar-refractivity contribution is 0.205. The second-order valence-corrected chi connectivity index (χ2v) is 5.86. The Balaban J connectivity index is 2.07. The molecule has 2 nitrogen and oxygen atoms in total. The second kappa shape index (κ2) is 6.03. The Morgan fingerprint density at radius 1 is 1.17 bits per heavy atom. The Labute approximate surface area is 113 Å². The number of nitrogens with two attached hydrogens (primary N) is 1. The van der Waals surface area contributed by atoms with Gasteiger partial charge in [-0.1, -0.05) is 18.2 Å². The lowest BCUT2D eigenvalue weighted by Crippen LogP contribution is -2.29. The summed E-state index contributed by atoms with van der Waals surface area (Å²) in [6.07, 6.45) is 0.